The van der Waals surface area contributed by atoms with Crippen LogP contribution in [0.3, 0.4) is 0 Å². The van der Waals surface area contributed by atoms with Crippen LogP contribution in [0.25, 0.3) is 6.08 Å². The van der Waals surface area contributed by atoms with E-state index in [1.54, 1.807) is 17.2 Å². The van der Waals surface area contributed by atoms with Gasteiger partial charge in [0.05, 0.1) is 6.61 Å². The molecule has 1 aromatic heterocycles. The lowest BCUT2D eigenvalue weighted by atomic mass is 9.82. The first-order valence-electron chi connectivity index (χ1n) is 10.5. The maximum absolute atomic E-state index is 12.7. The van der Waals surface area contributed by atoms with Gasteiger partial charge in [0.25, 0.3) is 0 Å². The second kappa shape index (κ2) is 8.83. The van der Waals surface area contributed by atoms with E-state index in [1.165, 1.54) is 0 Å². The number of aromatic nitrogens is 2. The number of nitrogens with zero attached hydrogens (tertiary/aromatic N) is 4. The number of hydrogen-bond acceptors (Lipinski definition) is 4. The number of carbonyl (C=O) groups excluding carboxylic acids is 2. The number of carbonyl (C=O) groups is 2. The third kappa shape index (κ3) is 4.31. The molecule has 158 valence electrons. The fraction of sp³-hybridized carbons (Fsp3) is 0.435. The zero-order chi connectivity index (χ0) is 21.0. The summed E-state index contributed by atoms with van der Waals surface area (Å²) in [5, 5.41) is 14.3. The quantitative estimate of drug-likeness (QED) is 0.707. The fourth-order valence-corrected chi connectivity index (χ4v) is 4.58. The molecule has 2 amide bonds. The van der Waals surface area contributed by atoms with Crippen LogP contribution in [0.15, 0.2) is 54.9 Å². The molecule has 0 spiro atoms. The maximum Gasteiger partial charge on any atom is 0.246 e. The molecule has 2 saturated heterocycles. The standard InChI is InChI=1S/C23H28N4O3/c28-18-23-16-25(21(29)8-4-12-27-13-5-11-24-27)14-20(23)15-26(17-23)22(30)10-9-19-6-2-1-3-7-19/h1-3,5-7,9-11,13,20,28H,4,8,12,14-18H2/t20-,23+/m0/s1. The summed E-state index contributed by atoms with van der Waals surface area (Å²) < 4.78 is 1.83. The molecule has 4 rings (SSSR count). The van der Waals surface area contributed by atoms with Crippen molar-refractivity contribution in [3.05, 3.63) is 60.4 Å². The van der Waals surface area contributed by atoms with Gasteiger partial charge in [-0.15, -0.1) is 0 Å². The smallest absolute Gasteiger partial charge is 0.246 e. The van der Waals surface area contributed by atoms with E-state index in [0.717, 1.165) is 18.5 Å². The predicted molar refractivity (Wildman–Crippen MR) is 113 cm³/mol. The van der Waals surface area contributed by atoms with Gasteiger partial charge < -0.3 is 14.9 Å². The summed E-state index contributed by atoms with van der Waals surface area (Å²) >= 11 is 0. The number of amides is 2. The van der Waals surface area contributed by atoms with Crippen LogP contribution in [0.4, 0.5) is 0 Å². The third-order valence-electron chi connectivity index (χ3n) is 6.29. The van der Waals surface area contributed by atoms with Gasteiger partial charge in [-0.2, -0.15) is 5.10 Å². The summed E-state index contributed by atoms with van der Waals surface area (Å²) in [6.45, 7) is 2.89. The van der Waals surface area contributed by atoms with Crippen LogP contribution < -0.4 is 0 Å². The Labute approximate surface area is 176 Å². The lowest BCUT2D eigenvalue weighted by molar-refractivity contribution is -0.131. The van der Waals surface area contributed by atoms with Crippen molar-refractivity contribution in [2.24, 2.45) is 11.3 Å². The van der Waals surface area contributed by atoms with Crippen LogP contribution >= 0.6 is 0 Å². The van der Waals surface area contributed by atoms with E-state index >= 15 is 0 Å². The van der Waals surface area contributed by atoms with Gasteiger partial charge in [0.15, 0.2) is 0 Å². The normalized spacial score (nSPS) is 23.3. The van der Waals surface area contributed by atoms with E-state index in [-0.39, 0.29) is 24.3 Å². The SMILES string of the molecule is O=C(C=Cc1ccccc1)N1C[C@@H]2CN(C(=O)CCCn3cccn3)C[C@]2(CO)C1. The van der Waals surface area contributed by atoms with Crippen molar-refractivity contribution in [2.75, 3.05) is 32.8 Å². The summed E-state index contributed by atoms with van der Waals surface area (Å²) in [7, 11) is 0. The van der Waals surface area contributed by atoms with Crippen molar-refractivity contribution >= 4 is 17.9 Å². The molecule has 0 saturated carbocycles. The number of aliphatic hydroxyl groups is 1. The first kappa shape index (κ1) is 20.3. The topological polar surface area (TPSA) is 78.7 Å². The fourth-order valence-electron chi connectivity index (χ4n) is 4.58. The first-order chi connectivity index (χ1) is 14.6. The molecule has 1 aromatic carbocycles. The Morgan fingerprint density at radius 2 is 1.90 bits per heavy atom. The highest BCUT2D eigenvalue weighted by Gasteiger charge is 2.53. The molecule has 7 nitrogen and oxygen atoms in total. The van der Waals surface area contributed by atoms with E-state index in [0.29, 0.717) is 32.6 Å². The minimum Gasteiger partial charge on any atom is -0.396 e. The summed E-state index contributed by atoms with van der Waals surface area (Å²) in [6, 6.07) is 11.6. The summed E-state index contributed by atoms with van der Waals surface area (Å²) in [4.78, 5) is 29.0. The number of fused-ring (bicyclic) bond motifs is 1. The number of rotatable bonds is 7. The van der Waals surface area contributed by atoms with Gasteiger partial charge in [-0.1, -0.05) is 30.3 Å². The van der Waals surface area contributed by atoms with Gasteiger partial charge >= 0.3 is 0 Å². The van der Waals surface area contributed by atoms with Gasteiger partial charge in [-0.05, 0) is 24.1 Å². The monoisotopic (exact) mass is 408 g/mol. The zero-order valence-electron chi connectivity index (χ0n) is 17.1. The molecule has 0 aliphatic carbocycles. The Balaban J connectivity index is 1.31. The van der Waals surface area contributed by atoms with Crippen molar-refractivity contribution in [2.45, 2.75) is 19.4 Å². The molecule has 2 atom stereocenters. The van der Waals surface area contributed by atoms with Crippen molar-refractivity contribution < 1.29 is 14.7 Å². The Morgan fingerprint density at radius 3 is 2.60 bits per heavy atom. The average molecular weight is 409 g/mol. The zero-order valence-corrected chi connectivity index (χ0v) is 17.1. The van der Waals surface area contributed by atoms with E-state index in [1.807, 2.05) is 58.3 Å². The van der Waals surface area contributed by atoms with Crippen molar-refractivity contribution in [1.82, 2.24) is 19.6 Å². The second-order valence-corrected chi connectivity index (χ2v) is 8.33. The molecule has 2 fully saturated rings. The molecule has 0 bridgehead atoms. The highest BCUT2D eigenvalue weighted by atomic mass is 16.3. The molecule has 0 unspecified atom stereocenters. The summed E-state index contributed by atoms with van der Waals surface area (Å²) in [5.74, 6) is 0.191. The lowest BCUT2D eigenvalue weighted by Gasteiger charge is -2.27. The van der Waals surface area contributed by atoms with Gasteiger partial charge in [0.2, 0.25) is 11.8 Å². The number of aliphatic hydroxyl groups excluding tert-OH is 1. The highest BCUT2D eigenvalue weighted by Crippen LogP contribution is 2.42. The Bertz CT molecular complexity index is 896. The maximum atomic E-state index is 12.7. The molecule has 2 aromatic rings. The van der Waals surface area contributed by atoms with Gasteiger partial charge in [-0.3, -0.25) is 14.3 Å². The molecular formula is C23H28N4O3. The largest absolute Gasteiger partial charge is 0.396 e. The number of benzene rings is 1. The average Bonchev–Trinajstić information content (AvgIpc) is 3.47. The number of likely N-dealkylation sites (tertiary alicyclic amines) is 2. The minimum atomic E-state index is -0.409. The van der Waals surface area contributed by atoms with Gasteiger partial charge in [0.1, 0.15) is 0 Å². The first-order valence-corrected chi connectivity index (χ1v) is 10.5. The van der Waals surface area contributed by atoms with E-state index in [2.05, 4.69) is 5.10 Å². The molecule has 3 heterocycles. The van der Waals surface area contributed by atoms with Crippen LogP contribution in [-0.4, -0.2) is 69.3 Å². The minimum absolute atomic E-state index is 0.0130. The predicted octanol–water partition coefficient (Wildman–Crippen LogP) is 1.66. The van der Waals surface area contributed by atoms with E-state index in [9.17, 15) is 14.7 Å². The lowest BCUT2D eigenvalue weighted by Crippen LogP contribution is -2.40. The Kier molecular flexibility index (Phi) is 5.99. The van der Waals surface area contributed by atoms with Crippen molar-refractivity contribution in [3.8, 4) is 0 Å². The van der Waals surface area contributed by atoms with Crippen LogP contribution in [0, 0.1) is 11.3 Å². The van der Waals surface area contributed by atoms with E-state index in [4.69, 9.17) is 0 Å². The van der Waals surface area contributed by atoms with Crippen molar-refractivity contribution in [1.29, 1.82) is 0 Å². The molecule has 2 aliphatic rings. The third-order valence-corrected chi connectivity index (χ3v) is 6.29. The highest BCUT2D eigenvalue weighted by molar-refractivity contribution is 5.92. The molecular weight excluding hydrogens is 380 g/mol. The Morgan fingerprint density at radius 1 is 1.13 bits per heavy atom. The van der Waals surface area contributed by atoms with Crippen LogP contribution in [0.1, 0.15) is 18.4 Å². The molecule has 30 heavy (non-hydrogen) atoms. The number of hydrogen-bond donors (Lipinski definition) is 1. The second-order valence-electron chi connectivity index (χ2n) is 8.33. The molecule has 7 heteroatoms. The molecule has 1 N–H and O–H groups in total. The summed E-state index contributed by atoms with van der Waals surface area (Å²) in [6.07, 6.45) is 8.25. The molecule has 2 aliphatic heterocycles. The van der Waals surface area contributed by atoms with Crippen molar-refractivity contribution in [3.63, 3.8) is 0 Å². The van der Waals surface area contributed by atoms with Crippen LogP contribution in [0.2, 0.25) is 0 Å². The van der Waals surface area contributed by atoms with Gasteiger partial charge in [0, 0.05) is 68.9 Å². The van der Waals surface area contributed by atoms with E-state index < -0.39 is 5.41 Å². The van der Waals surface area contributed by atoms with Crippen LogP contribution in [0.5, 0.6) is 0 Å². The summed E-state index contributed by atoms with van der Waals surface area (Å²) in [5.41, 5.74) is 0.572. The number of aryl methyl sites for hydroxylation is 1. The molecule has 0 radical (unpaired) electrons. The van der Waals surface area contributed by atoms with Crippen LogP contribution in [-0.2, 0) is 16.1 Å². The van der Waals surface area contributed by atoms with Gasteiger partial charge in [-0.25, -0.2) is 0 Å². The Hall–Kier alpha value is -2.93.